The molecule has 1 aliphatic carbocycles. The van der Waals surface area contributed by atoms with Crippen LogP contribution in [0.2, 0.25) is 0 Å². The van der Waals surface area contributed by atoms with Crippen molar-refractivity contribution in [1.29, 1.82) is 0 Å². The normalized spacial score (nSPS) is 20.7. The Bertz CT molecular complexity index is 483. The van der Waals surface area contributed by atoms with E-state index in [4.69, 9.17) is 0 Å². The number of hydrogen-bond acceptors (Lipinski definition) is 1. The summed E-state index contributed by atoms with van der Waals surface area (Å²) in [5.41, 5.74) is -0.291. The topological polar surface area (TPSA) is 41.1 Å². The largest absolute Gasteiger partial charge is 0.335 e. The summed E-state index contributed by atoms with van der Waals surface area (Å²) in [4.78, 5) is 11.1. The molecule has 2 N–H and O–H groups in total. The van der Waals surface area contributed by atoms with Crippen molar-refractivity contribution >= 4 is 18.2 Å². The molecule has 0 aromatic heterocycles. The Kier molecular flexibility index (Phi) is 1.29. The van der Waals surface area contributed by atoms with Gasteiger partial charge in [0.05, 0.1) is 5.54 Å². The Morgan fingerprint density at radius 3 is 2.29 bits per heavy atom. The summed E-state index contributed by atoms with van der Waals surface area (Å²) < 4.78 is 0. The minimum Gasteiger partial charge on any atom is -0.335 e. The molecule has 14 heavy (non-hydrogen) atoms. The zero-order valence-electron chi connectivity index (χ0n) is 7.58. The van der Waals surface area contributed by atoms with Gasteiger partial charge in [0.25, 0.3) is 0 Å². The highest BCUT2D eigenvalue weighted by Gasteiger charge is 2.34. The van der Waals surface area contributed by atoms with Crippen LogP contribution < -0.4 is 21.1 Å². The molecule has 0 unspecified atom stereocenters. The second-order valence-electron chi connectivity index (χ2n) is 3.77. The number of amides is 2. The second kappa shape index (κ2) is 2.38. The fourth-order valence-corrected chi connectivity index (χ4v) is 2.07. The van der Waals surface area contributed by atoms with Crippen LogP contribution in [0.3, 0.4) is 0 Å². The molecule has 1 aliphatic heterocycles. The second-order valence-corrected chi connectivity index (χ2v) is 3.77. The smallest absolute Gasteiger partial charge is 0.315 e. The lowest BCUT2D eigenvalue weighted by Crippen LogP contribution is -2.37. The molecular formula is C11H10N2O. The van der Waals surface area contributed by atoms with Gasteiger partial charge in [-0.15, -0.1) is 0 Å². The van der Waals surface area contributed by atoms with Crippen molar-refractivity contribution in [3.05, 3.63) is 34.7 Å². The number of carbonyl (C=O) groups excluding carboxylic acids is 1. The zero-order chi connectivity index (χ0) is 9.60. The van der Waals surface area contributed by atoms with Gasteiger partial charge >= 0.3 is 6.03 Å². The van der Waals surface area contributed by atoms with Crippen LogP contribution in [0.15, 0.2) is 24.3 Å². The number of fused-ring (bicyclic) bond motifs is 1. The summed E-state index contributed by atoms with van der Waals surface area (Å²) in [5, 5.41) is 8.07. The number of hydrogen-bond donors (Lipinski definition) is 2. The summed E-state index contributed by atoms with van der Waals surface area (Å²) in [6, 6.07) is 8.04. The van der Waals surface area contributed by atoms with E-state index < -0.39 is 0 Å². The number of benzene rings is 1. The summed E-state index contributed by atoms with van der Waals surface area (Å²) in [7, 11) is 0. The van der Waals surface area contributed by atoms with E-state index in [0.29, 0.717) is 6.54 Å². The van der Waals surface area contributed by atoms with E-state index in [0.717, 1.165) is 0 Å². The Morgan fingerprint density at radius 2 is 1.79 bits per heavy atom. The van der Waals surface area contributed by atoms with E-state index in [1.165, 1.54) is 10.4 Å². The van der Waals surface area contributed by atoms with Crippen LogP contribution in [0.5, 0.6) is 0 Å². The zero-order valence-corrected chi connectivity index (χ0v) is 7.58. The summed E-state index contributed by atoms with van der Waals surface area (Å²) in [6.45, 7) is 0.639. The van der Waals surface area contributed by atoms with Gasteiger partial charge in [0.15, 0.2) is 0 Å². The molecule has 70 valence electrons. The summed E-state index contributed by atoms with van der Waals surface area (Å²) in [6.07, 6.45) is 4.19. The van der Waals surface area contributed by atoms with Crippen molar-refractivity contribution in [1.82, 2.24) is 10.6 Å². The quantitative estimate of drug-likeness (QED) is 0.553. The molecule has 1 spiro atoms. The van der Waals surface area contributed by atoms with Gasteiger partial charge < -0.3 is 10.6 Å². The fraction of sp³-hybridized carbons (Fsp3) is 0.182. The lowest BCUT2D eigenvalue weighted by molar-refractivity contribution is 0.247. The maximum absolute atomic E-state index is 11.1. The Hall–Kier alpha value is -1.77. The average molecular weight is 186 g/mol. The number of carbonyl (C=O) groups is 1. The minimum absolute atomic E-state index is 0.0923. The lowest BCUT2D eigenvalue weighted by atomic mass is 10.0. The monoisotopic (exact) mass is 186 g/mol. The van der Waals surface area contributed by atoms with Crippen LogP contribution >= 0.6 is 0 Å². The molecule has 3 nitrogen and oxygen atoms in total. The van der Waals surface area contributed by atoms with Gasteiger partial charge in [0.2, 0.25) is 0 Å². The van der Waals surface area contributed by atoms with Gasteiger partial charge in [-0.05, 0) is 22.6 Å². The van der Waals surface area contributed by atoms with E-state index in [1.54, 1.807) is 0 Å². The molecule has 1 aromatic carbocycles. The van der Waals surface area contributed by atoms with Crippen LogP contribution in [0.1, 0.15) is 0 Å². The van der Waals surface area contributed by atoms with Gasteiger partial charge in [-0.1, -0.05) is 24.3 Å². The molecule has 1 aromatic rings. The number of nitrogens with one attached hydrogen (secondary N) is 2. The Labute approximate surface area is 81.1 Å². The minimum atomic E-state index is -0.291. The molecule has 3 heteroatoms. The first-order valence-electron chi connectivity index (χ1n) is 4.64. The Balaban J connectivity index is 2.18. The highest BCUT2D eigenvalue weighted by atomic mass is 16.2. The van der Waals surface area contributed by atoms with Crippen molar-refractivity contribution in [2.24, 2.45) is 0 Å². The molecule has 0 saturated carbocycles. The highest BCUT2D eigenvalue weighted by Crippen LogP contribution is 2.14. The third-order valence-corrected chi connectivity index (χ3v) is 2.71. The van der Waals surface area contributed by atoms with Gasteiger partial charge in [-0.3, -0.25) is 0 Å². The lowest BCUT2D eigenvalue weighted by Gasteiger charge is -2.15. The standard InChI is InChI=1S/C11H10N2O/c14-10-12-7-11(13-10)5-8-3-1-2-4-9(8)6-11/h1-6H,7H2,(H2,12,13,14). The third kappa shape index (κ3) is 0.954. The Morgan fingerprint density at radius 1 is 1.14 bits per heavy atom. The van der Waals surface area contributed by atoms with E-state index in [9.17, 15) is 4.79 Å². The molecule has 2 amide bonds. The first-order valence-corrected chi connectivity index (χ1v) is 4.64. The SMILES string of the molecule is O=C1NCC2(C=c3ccccc3=C2)N1. The molecule has 1 fully saturated rings. The van der Waals surface area contributed by atoms with Gasteiger partial charge in [-0.25, -0.2) is 4.79 Å². The van der Waals surface area contributed by atoms with Crippen molar-refractivity contribution in [3.8, 4) is 0 Å². The predicted octanol–water partition coefficient (Wildman–Crippen LogP) is -0.687. The first kappa shape index (κ1) is 7.62. The van der Waals surface area contributed by atoms with Gasteiger partial charge in [0, 0.05) is 6.54 Å². The van der Waals surface area contributed by atoms with E-state index >= 15 is 0 Å². The average Bonchev–Trinajstić information content (AvgIpc) is 2.69. The van der Waals surface area contributed by atoms with Crippen molar-refractivity contribution in [3.63, 3.8) is 0 Å². The molecule has 0 bridgehead atoms. The molecule has 2 aliphatic rings. The molecule has 0 atom stereocenters. The maximum Gasteiger partial charge on any atom is 0.315 e. The summed E-state index contributed by atoms with van der Waals surface area (Å²) >= 11 is 0. The van der Waals surface area contributed by atoms with Crippen molar-refractivity contribution in [2.45, 2.75) is 5.54 Å². The van der Waals surface area contributed by atoms with Crippen LogP contribution in [0, 0.1) is 0 Å². The van der Waals surface area contributed by atoms with Crippen molar-refractivity contribution < 1.29 is 4.79 Å². The molecular weight excluding hydrogens is 176 g/mol. The van der Waals surface area contributed by atoms with Crippen LogP contribution in [-0.2, 0) is 0 Å². The number of urea groups is 1. The summed E-state index contributed by atoms with van der Waals surface area (Å²) in [5.74, 6) is 0. The third-order valence-electron chi connectivity index (χ3n) is 2.71. The predicted molar refractivity (Wildman–Crippen MR) is 53.9 cm³/mol. The van der Waals surface area contributed by atoms with Crippen LogP contribution in [0.25, 0.3) is 12.2 Å². The maximum atomic E-state index is 11.1. The van der Waals surface area contributed by atoms with Gasteiger partial charge in [-0.2, -0.15) is 0 Å². The van der Waals surface area contributed by atoms with Crippen LogP contribution in [0.4, 0.5) is 4.79 Å². The van der Waals surface area contributed by atoms with Gasteiger partial charge in [0.1, 0.15) is 0 Å². The van der Waals surface area contributed by atoms with Crippen LogP contribution in [-0.4, -0.2) is 18.1 Å². The molecule has 1 saturated heterocycles. The molecule has 1 heterocycles. The number of rotatable bonds is 0. The van der Waals surface area contributed by atoms with E-state index in [-0.39, 0.29) is 11.6 Å². The highest BCUT2D eigenvalue weighted by molar-refractivity contribution is 5.84. The van der Waals surface area contributed by atoms with E-state index in [1.807, 2.05) is 12.1 Å². The fourth-order valence-electron chi connectivity index (χ4n) is 2.07. The molecule has 0 radical (unpaired) electrons. The van der Waals surface area contributed by atoms with E-state index in [2.05, 4.69) is 34.9 Å². The first-order chi connectivity index (χ1) is 6.77. The molecule has 3 rings (SSSR count). The van der Waals surface area contributed by atoms with Crippen molar-refractivity contribution in [2.75, 3.05) is 6.54 Å².